The Morgan fingerprint density at radius 1 is 0.444 bits per heavy atom. The summed E-state index contributed by atoms with van der Waals surface area (Å²) < 4.78 is 0. The fourth-order valence-electron chi connectivity index (χ4n) is 2.25. The van der Waals surface area contributed by atoms with E-state index in [-0.39, 0.29) is 0 Å². The van der Waals surface area contributed by atoms with Crippen LogP contribution in [-0.2, 0) is 0 Å². The molecule has 0 heterocycles. The molecule has 0 aromatic rings. The van der Waals surface area contributed by atoms with E-state index < -0.39 is 0 Å². The molecule has 1 heteroatoms. The van der Waals surface area contributed by atoms with E-state index in [4.69, 9.17) is 0 Å². The van der Waals surface area contributed by atoms with Crippen molar-refractivity contribution in [1.29, 1.82) is 0 Å². The van der Waals surface area contributed by atoms with Gasteiger partial charge in [-0.05, 0) is 24.3 Å². The molecule has 0 N–H and O–H groups in total. The zero-order chi connectivity index (χ0) is 13.3. The Bertz CT molecular complexity index is 118. The molecule has 0 aromatic heterocycles. The number of rotatable bonds is 15. The summed E-state index contributed by atoms with van der Waals surface area (Å²) >= 11 is 2.18. The highest BCUT2D eigenvalue weighted by Gasteiger charge is 1.93. The average molecular weight is 273 g/mol. The van der Waals surface area contributed by atoms with Gasteiger partial charge in [0.25, 0.3) is 0 Å². The highest BCUT2D eigenvalue weighted by atomic mass is 32.2. The molecular formula is C17H36S. The van der Waals surface area contributed by atoms with Crippen LogP contribution >= 0.6 is 11.8 Å². The van der Waals surface area contributed by atoms with Crippen LogP contribution in [0.4, 0.5) is 0 Å². The van der Waals surface area contributed by atoms with Crippen LogP contribution in [0.3, 0.4) is 0 Å². The van der Waals surface area contributed by atoms with Crippen LogP contribution in [0.1, 0.15) is 97.3 Å². The molecule has 18 heavy (non-hydrogen) atoms. The summed E-state index contributed by atoms with van der Waals surface area (Å²) in [6, 6.07) is 0. The van der Waals surface area contributed by atoms with Gasteiger partial charge >= 0.3 is 0 Å². The van der Waals surface area contributed by atoms with Crippen molar-refractivity contribution >= 4 is 11.8 Å². The summed E-state index contributed by atoms with van der Waals surface area (Å²) in [5, 5.41) is 0. The summed E-state index contributed by atoms with van der Waals surface area (Å²) in [6.45, 7) is 4.58. The molecule has 0 rings (SSSR count). The molecule has 0 aliphatic heterocycles. The van der Waals surface area contributed by atoms with Crippen LogP contribution in [0.2, 0.25) is 0 Å². The van der Waals surface area contributed by atoms with Crippen LogP contribution in [-0.4, -0.2) is 11.5 Å². The van der Waals surface area contributed by atoms with Gasteiger partial charge in [-0.2, -0.15) is 11.8 Å². The third kappa shape index (κ3) is 16.4. The van der Waals surface area contributed by atoms with Crippen molar-refractivity contribution in [2.45, 2.75) is 97.3 Å². The summed E-state index contributed by atoms with van der Waals surface area (Å²) in [7, 11) is 0. The Morgan fingerprint density at radius 3 is 1.22 bits per heavy atom. The van der Waals surface area contributed by atoms with Gasteiger partial charge in [-0.1, -0.05) is 84.5 Å². The quantitative estimate of drug-likeness (QED) is 0.294. The molecule has 110 valence electrons. The monoisotopic (exact) mass is 272 g/mol. The Hall–Kier alpha value is 0.350. The van der Waals surface area contributed by atoms with Gasteiger partial charge in [0.2, 0.25) is 0 Å². The minimum absolute atomic E-state index is 1.36. The van der Waals surface area contributed by atoms with E-state index in [0.717, 1.165) is 0 Å². The SMILES string of the molecule is CCCCCCCCCCCSCCCCCC. The van der Waals surface area contributed by atoms with E-state index >= 15 is 0 Å². The van der Waals surface area contributed by atoms with Crippen LogP contribution in [0, 0.1) is 0 Å². The number of thioether (sulfide) groups is 1. The first-order valence-corrected chi connectivity index (χ1v) is 9.65. The van der Waals surface area contributed by atoms with E-state index in [2.05, 4.69) is 25.6 Å². The van der Waals surface area contributed by atoms with Crippen molar-refractivity contribution in [2.75, 3.05) is 11.5 Å². The van der Waals surface area contributed by atoms with Crippen molar-refractivity contribution in [3.8, 4) is 0 Å². The molecule has 0 unspecified atom stereocenters. The van der Waals surface area contributed by atoms with Gasteiger partial charge in [0.1, 0.15) is 0 Å². The lowest BCUT2D eigenvalue weighted by Gasteiger charge is -2.03. The molecule has 0 saturated heterocycles. The number of hydrogen-bond donors (Lipinski definition) is 0. The fraction of sp³-hybridized carbons (Fsp3) is 1.00. The molecule has 0 saturated carbocycles. The minimum atomic E-state index is 1.36. The third-order valence-corrected chi connectivity index (χ3v) is 4.69. The Kier molecular flexibility index (Phi) is 17.7. The Morgan fingerprint density at radius 2 is 0.778 bits per heavy atom. The fourth-order valence-corrected chi connectivity index (χ4v) is 3.27. The van der Waals surface area contributed by atoms with Gasteiger partial charge in [0.05, 0.1) is 0 Å². The molecule has 0 bridgehead atoms. The van der Waals surface area contributed by atoms with E-state index in [1.807, 2.05) is 0 Å². The summed E-state index contributed by atoms with van der Waals surface area (Å²) in [5.41, 5.74) is 0. The molecule has 0 amide bonds. The van der Waals surface area contributed by atoms with Crippen molar-refractivity contribution < 1.29 is 0 Å². The Balaban J connectivity index is 2.86. The number of hydrogen-bond acceptors (Lipinski definition) is 1. The van der Waals surface area contributed by atoms with Gasteiger partial charge in [0, 0.05) is 0 Å². The first-order valence-electron chi connectivity index (χ1n) is 8.49. The maximum Gasteiger partial charge on any atom is -0.00675 e. The minimum Gasteiger partial charge on any atom is -0.162 e. The lowest BCUT2D eigenvalue weighted by Crippen LogP contribution is -1.86. The third-order valence-electron chi connectivity index (χ3n) is 3.53. The molecule has 0 spiro atoms. The molecule has 0 aliphatic rings. The lowest BCUT2D eigenvalue weighted by atomic mass is 10.1. The van der Waals surface area contributed by atoms with Crippen molar-refractivity contribution in [3.05, 3.63) is 0 Å². The van der Waals surface area contributed by atoms with Crippen LogP contribution < -0.4 is 0 Å². The Labute approximate surface area is 121 Å². The summed E-state index contributed by atoms with van der Waals surface area (Å²) in [5.74, 6) is 2.80. The topological polar surface area (TPSA) is 0 Å². The zero-order valence-corrected chi connectivity index (χ0v) is 13.8. The molecule has 0 fully saturated rings. The molecule has 0 radical (unpaired) electrons. The van der Waals surface area contributed by atoms with Gasteiger partial charge < -0.3 is 0 Å². The number of unbranched alkanes of at least 4 members (excludes halogenated alkanes) is 11. The zero-order valence-electron chi connectivity index (χ0n) is 13.0. The van der Waals surface area contributed by atoms with Gasteiger partial charge in [0.15, 0.2) is 0 Å². The van der Waals surface area contributed by atoms with E-state index in [1.54, 1.807) is 0 Å². The maximum absolute atomic E-state index is 2.29. The smallest absolute Gasteiger partial charge is 0.00675 e. The van der Waals surface area contributed by atoms with Crippen LogP contribution in [0.15, 0.2) is 0 Å². The predicted octanol–water partition coefficient (Wildman–Crippen LogP) is 6.83. The molecule has 0 aliphatic carbocycles. The van der Waals surface area contributed by atoms with Crippen LogP contribution in [0.5, 0.6) is 0 Å². The normalized spacial score (nSPS) is 11.0. The second-order valence-electron chi connectivity index (χ2n) is 5.50. The van der Waals surface area contributed by atoms with E-state index in [9.17, 15) is 0 Å². The van der Waals surface area contributed by atoms with Crippen molar-refractivity contribution in [2.24, 2.45) is 0 Å². The van der Waals surface area contributed by atoms with Crippen LogP contribution in [0.25, 0.3) is 0 Å². The second kappa shape index (κ2) is 17.4. The van der Waals surface area contributed by atoms with Crippen molar-refractivity contribution in [3.63, 3.8) is 0 Å². The van der Waals surface area contributed by atoms with Gasteiger partial charge in [-0.3, -0.25) is 0 Å². The average Bonchev–Trinajstić information content (AvgIpc) is 2.39. The van der Waals surface area contributed by atoms with E-state index in [1.165, 1.54) is 95.0 Å². The standard InChI is InChI=1S/C17H36S/c1-3-5-7-9-10-11-12-13-15-17-18-16-14-8-6-4-2/h3-17H2,1-2H3. The largest absolute Gasteiger partial charge is 0.162 e. The molecular weight excluding hydrogens is 236 g/mol. The van der Waals surface area contributed by atoms with Gasteiger partial charge in [-0.25, -0.2) is 0 Å². The first-order chi connectivity index (χ1) is 8.91. The summed E-state index contributed by atoms with van der Waals surface area (Å²) in [4.78, 5) is 0. The van der Waals surface area contributed by atoms with E-state index in [0.29, 0.717) is 0 Å². The summed E-state index contributed by atoms with van der Waals surface area (Å²) in [6.07, 6.45) is 18.8. The molecule has 0 atom stereocenters. The maximum atomic E-state index is 2.29. The second-order valence-corrected chi connectivity index (χ2v) is 6.73. The van der Waals surface area contributed by atoms with Gasteiger partial charge in [-0.15, -0.1) is 0 Å². The first kappa shape index (κ1) is 18.4. The highest BCUT2D eigenvalue weighted by Crippen LogP contribution is 2.13. The highest BCUT2D eigenvalue weighted by molar-refractivity contribution is 7.99. The molecule has 0 aromatic carbocycles. The lowest BCUT2D eigenvalue weighted by molar-refractivity contribution is 0.573. The predicted molar refractivity (Wildman–Crippen MR) is 88.7 cm³/mol. The van der Waals surface area contributed by atoms with Crippen molar-refractivity contribution in [1.82, 2.24) is 0 Å². The molecule has 0 nitrogen and oxygen atoms in total.